The summed E-state index contributed by atoms with van der Waals surface area (Å²) in [5, 5.41) is 6.72. The van der Waals surface area contributed by atoms with Crippen molar-refractivity contribution >= 4 is 5.96 Å². The van der Waals surface area contributed by atoms with Crippen molar-refractivity contribution in [1.29, 1.82) is 0 Å². The maximum atomic E-state index is 5.76. The van der Waals surface area contributed by atoms with Gasteiger partial charge in [-0.3, -0.25) is 4.99 Å². The molecular weight excluding hydrogens is 350 g/mol. The number of nitrogens with zero attached hydrogens (tertiary/aromatic N) is 1. The van der Waals surface area contributed by atoms with Gasteiger partial charge >= 0.3 is 0 Å². The summed E-state index contributed by atoms with van der Waals surface area (Å²) in [4.78, 5) is 4.91. The number of benzene rings is 2. The molecule has 1 saturated heterocycles. The molecule has 0 radical (unpaired) electrons. The van der Waals surface area contributed by atoms with Crippen molar-refractivity contribution < 1.29 is 9.47 Å². The van der Waals surface area contributed by atoms with Gasteiger partial charge in [0.1, 0.15) is 12.4 Å². The van der Waals surface area contributed by atoms with Crippen molar-refractivity contribution in [2.45, 2.75) is 25.2 Å². The van der Waals surface area contributed by atoms with E-state index in [9.17, 15) is 0 Å². The summed E-state index contributed by atoms with van der Waals surface area (Å²) in [7, 11) is 0. The molecule has 0 bridgehead atoms. The molecule has 1 aliphatic heterocycles. The molecular formula is C23H31N3O2. The fraction of sp³-hybridized carbons (Fsp3) is 0.435. The normalized spacial score (nSPS) is 16.4. The number of rotatable bonds is 8. The van der Waals surface area contributed by atoms with Gasteiger partial charge in [0.2, 0.25) is 0 Å². The molecule has 0 unspecified atom stereocenters. The third-order valence-corrected chi connectivity index (χ3v) is 5.13. The highest BCUT2D eigenvalue weighted by Crippen LogP contribution is 2.35. The van der Waals surface area contributed by atoms with E-state index in [4.69, 9.17) is 14.5 Å². The SMILES string of the molecule is CCNC(=NCC1(c2ccccc2)CCOCC1)NCCOc1ccccc1. The molecule has 5 heteroatoms. The molecule has 1 heterocycles. The van der Waals surface area contributed by atoms with Crippen LogP contribution in [-0.2, 0) is 10.2 Å². The van der Waals surface area contributed by atoms with Gasteiger partial charge in [-0.15, -0.1) is 0 Å². The number of guanidine groups is 1. The minimum Gasteiger partial charge on any atom is -0.492 e. The monoisotopic (exact) mass is 381 g/mol. The van der Waals surface area contributed by atoms with Crippen LogP contribution in [0.15, 0.2) is 65.7 Å². The van der Waals surface area contributed by atoms with E-state index < -0.39 is 0 Å². The van der Waals surface area contributed by atoms with Crippen molar-refractivity contribution in [2.75, 3.05) is 39.5 Å². The lowest BCUT2D eigenvalue weighted by atomic mass is 9.74. The average molecular weight is 382 g/mol. The molecule has 3 rings (SSSR count). The molecule has 1 aliphatic rings. The molecule has 0 saturated carbocycles. The van der Waals surface area contributed by atoms with Crippen molar-refractivity contribution in [3.63, 3.8) is 0 Å². The number of hydrogen-bond donors (Lipinski definition) is 2. The standard InChI is InChI=1S/C23H31N3O2/c1-2-24-22(25-15-18-28-21-11-7-4-8-12-21)26-19-23(13-16-27-17-14-23)20-9-5-3-6-10-20/h3-12H,2,13-19H2,1H3,(H2,24,25,26). The molecule has 0 atom stereocenters. The number of aliphatic imine (C=N–C) groups is 1. The molecule has 5 nitrogen and oxygen atoms in total. The van der Waals surface area contributed by atoms with E-state index in [0.717, 1.165) is 50.9 Å². The summed E-state index contributed by atoms with van der Waals surface area (Å²) >= 11 is 0. The quantitative estimate of drug-likeness (QED) is 0.418. The predicted molar refractivity (Wildman–Crippen MR) is 114 cm³/mol. The van der Waals surface area contributed by atoms with Gasteiger partial charge in [-0.05, 0) is 37.5 Å². The predicted octanol–water partition coefficient (Wildman–Crippen LogP) is 3.37. The lowest BCUT2D eigenvalue weighted by Gasteiger charge is -2.36. The Kier molecular flexibility index (Phi) is 7.73. The third kappa shape index (κ3) is 5.73. The Bertz CT molecular complexity index is 713. The van der Waals surface area contributed by atoms with Gasteiger partial charge in [-0.25, -0.2) is 0 Å². The largest absolute Gasteiger partial charge is 0.492 e. The van der Waals surface area contributed by atoms with Gasteiger partial charge in [-0.1, -0.05) is 48.5 Å². The van der Waals surface area contributed by atoms with E-state index in [1.807, 2.05) is 30.3 Å². The van der Waals surface area contributed by atoms with Crippen LogP contribution in [0.3, 0.4) is 0 Å². The van der Waals surface area contributed by atoms with Crippen LogP contribution in [0.5, 0.6) is 5.75 Å². The maximum absolute atomic E-state index is 5.76. The lowest BCUT2D eigenvalue weighted by molar-refractivity contribution is 0.0531. The van der Waals surface area contributed by atoms with Crippen LogP contribution in [0.2, 0.25) is 0 Å². The first-order chi connectivity index (χ1) is 13.8. The number of para-hydroxylation sites is 1. The van der Waals surface area contributed by atoms with Gasteiger partial charge in [0.15, 0.2) is 5.96 Å². The van der Waals surface area contributed by atoms with Crippen molar-refractivity contribution in [3.8, 4) is 5.75 Å². The smallest absolute Gasteiger partial charge is 0.191 e. The Morgan fingerprint density at radius 1 is 1.00 bits per heavy atom. The van der Waals surface area contributed by atoms with E-state index in [1.165, 1.54) is 5.56 Å². The second-order valence-corrected chi connectivity index (χ2v) is 7.04. The maximum Gasteiger partial charge on any atom is 0.191 e. The van der Waals surface area contributed by atoms with Crippen LogP contribution in [0.1, 0.15) is 25.3 Å². The first kappa shape index (κ1) is 20.2. The van der Waals surface area contributed by atoms with Crippen molar-refractivity contribution in [1.82, 2.24) is 10.6 Å². The van der Waals surface area contributed by atoms with Gasteiger partial charge in [0, 0.05) is 25.2 Å². The Morgan fingerprint density at radius 3 is 2.36 bits per heavy atom. The minimum absolute atomic E-state index is 0.0440. The first-order valence-electron chi connectivity index (χ1n) is 10.2. The third-order valence-electron chi connectivity index (χ3n) is 5.13. The molecule has 2 aromatic rings. The zero-order valence-electron chi connectivity index (χ0n) is 16.7. The molecule has 150 valence electrons. The van der Waals surface area contributed by atoms with Crippen molar-refractivity contribution in [2.24, 2.45) is 4.99 Å². The summed E-state index contributed by atoms with van der Waals surface area (Å²) in [6, 6.07) is 20.6. The molecule has 2 N–H and O–H groups in total. The van der Waals surface area contributed by atoms with Gasteiger partial charge < -0.3 is 20.1 Å². The first-order valence-corrected chi connectivity index (χ1v) is 10.2. The van der Waals surface area contributed by atoms with E-state index in [-0.39, 0.29) is 5.41 Å². The molecule has 1 fully saturated rings. The Labute approximate surface area is 168 Å². The second-order valence-electron chi connectivity index (χ2n) is 7.04. The fourth-order valence-electron chi connectivity index (χ4n) is 3.52. The number of hydrogen-bond acceptors (Lipinski definition) is 3. The summed E-state index contributed by atoms with van der Waals surface area (Å²) in [5.41, 5.74) is 1.40. The van der Waals surface area contributed by atoms with Gasteiger partial charge in [0.25, 0.3) is 0 Å². The number of ether oxygens (including phenoxy) is 2. The summed E-state index contributed by atoms with van der Waals surface area (Å²) in [5.74, 6) is 1.72. The topological polar surface area (TPSA) is 54.9 Å². The van der Waals surface area contributed by atoms with E-state index in [1.54, 1.807) is 0 Å². The van der Waals surface area contributed by atoms with E-state index >= 15 is 0 Å². The van der Waals surface area contributed by atoms with Crippen molar-refractivity contribution in [3.05, 3.63) is 66.2 Å². The Balaban J connectivity index is 1.60. The highest BCUT2D eigenvalue weighted by molar-refractivity contribution is 5.79. The average Bonchev–Trinajstić information content (AvgIpc) is 2.77. The van der Waals surface area contributed by atoms with Crippen LogP contribution in [0.25, 0.3) is 0 Å². The van der Waals surface area contributed by atoms with Crippen LogP contribution < -0.4 is 15.4 Å². The summed E-state index contributed by atoms with van der Waals surface area (Å²) < 4.78 is 11.4. The summed E-state index contributed by atoms with van der Waals surface area (Å²) in [6.45, 7) is 6.52. The zero-order valence-corrected chi connectivity index (χ0v) is 16.7. The van der Waals surface area contributed by atoms with Crippen LogP contribution in [0.4, 0.5) is 0 Å². The second kappa shape index (κ2) is 10.7. The summed E-state index contributed by atoms with van der Waals surface area (Å²) in [6.07, 6.45) is 1.99. The van der Waals surface area contributed by atoms with Crippen LogP contribution in [-0.4, -0.2) is 45.4 Å². The molecule has 0 spiro atoms. The van der Waals surface area contributed by atoms with E-state index in [0.29, 0.717) is 13.2 Å². The highest BCUT2D eigenvalue weighted by atomic mass is 16.5. The van der Waals surface area contributed by atoms with Gasteiger partial charge in [0.05, 0.1) is 13.1 Å². The fourth-order valence-corrected chi connectivity index (χ4v) is 3.52. The molecule has 0 aliphatic carbocycles. The van der Waals surface area contributed by atoms with Gasteiger partial charge in [-0.2, -0.15) is 0 Å². The zero-order chi connectivity index (χ0) is 19.5. The molecule has 0 aromatic heterocycles. The van der Waals surface area contributed by atoms with Crippen LogP contribution in [0, 0.1) is 0 Å². The highest BCUT2D eigenvalue weighted by Gasteiger charge is 2.34. The Morgan fingerprint density at radius 2 is 1.68 bits per heavy atom. The minimum atomic E-state index is 0.0440. The molecule has 28 heavy (non-hydrogen) atoms. The molecule has 2 aromatic carbocycles. The number of nitrogens with one attached hydrogen (secondary N) is 2. The van der Waals surface area contributed by atoms with Crippen LogP contribution >= 0.6 is 0 Å². The Hall–Kier alpha value is -2.53. The molecule has 0 amide bonds. The lowest BCUT2D eigenvalue weighted by Crippen LogP contribution is -2.42. The van der Waals surface area contributed by atoms with E-state index in [2.05, 4.69) is 47.9 Å².